The second kappa shape index (κ2) is 67.8. The number of ether oxygens (including phenoxy) is 3. The molecule has 0 amide bonds. The molecule has 0 heterocycles. The standard InChI is InChI=1S/C75H122O6/c1-4-7-10-13-16-18-20-22-24-26-28-30-31-32-33-34-35-36-37-38-39-40-41-42-43-45-46-48-50-52-54-56-59-62-65-68-74(77)80-71-72(70-79-73(76)67-64-61-58-15-12-9-6-3)81-75(78)69-66-63-60-57-55-53-51-49-47-44-29-27-25-23-21-19-17-14-11-8-5-2/h7-8,10-11,16-19,22-25,28-30,32-33,35-36,38-39,41-42,44,72H,4-6,9,12-15,20-21,26-27,31,34,37,40,43,45-71H2,1-3H3/b10-7-,11-8-,18-16-,19-17-,24-22-,25-23-,30-28-,33-32-,36-35-,39-38-,42-41-,44-29-. The summed E-state index contributed by atoms with van der Waals surface area (Å²) in [5.41, 5.74) is 0. The van der Waals surface area contributed by atoms with Crippen LogP contribution in [0.1, 0.15) is 290 Å². The van der Waals surface area contributed by atoms with Crippen molar-refractivity contribution >= 4 is 17.9 Å². The second-order valence-corrected chi connectivity index (χ2v) is 21.6. The Morgan fingerprint density at radius 3 is 0.753 bits per heavy atom. The van der Waals surface area contributed by atoms with Crippen molar-refractivity contribution in [2.45, 2.75) is 297 Å². The minimum Gasteiger partial charge on any atom is -0.462 e. The number of esters is 3. The minimum atomic E-state index is -0.786. The molecule has 0 aromatic rings. The maximum absolute atomic E-state index is 12.9. The van der Waals surface area contributed by atoms with Gasteiger partial charge in [0.1, 0.15) is 13.2 Å². The fourth-order valence-electron chi connectivity index (χ4n) is 8.92. The van der Waals surface area contributed by atoms with Gasteiger partial charge < -0.3 is 14.2 Å². The van der Waals surface area contributed by atoms with Crippen molar-refractivity contribution in [3.63, 3.8) is 0 Å². The molecular weight excluding hydrogens is 997 g/mol. The SMILES string of the molecule is CC/C=C\C/C=C\C/C=C\C/C=C\C/C=C\C/C=C\C/C=C\C/C=C\CCCCCCCCCCCCC(=O)OCC(COC(=O)CCCCCCCCC)OC(=O)CCCCCCCCCC/C=C\C/C=C\C/C=C\C/C=C\CC. The first-order valence-electron chi connectivity index (χ1n) is 33.3. The number of carbonyl (C=O) groups is 3. The topological polar surface area (TPSA) is 78.9 Å². The third-order valence-corrected chi connectivity index (χ3v) is 13.8. The summed E-state index contributed by atoms with van der Waals surface area (Å²) in [6.07, 6.45) is 97.4. The molecule has 0 saturated heterocycles. The molecule has 1 unspecified atom stereocenters. The summed E-state index contributed by atoms with van der Waals surface area (Å²) in [6, 6.07) is 0. The first-order chi connectivity index (χ1) is 40.0. The highest BCUT2D eigenvalue weighted by Crippen LogP contribution is 2.15. The van der Waals surface area contributed by atoms with Crippen molar-refractivity contribution in [1.29, 1.82) is 0 Å². The van der Waals surface area contributed by atoms with Crippen LogP contribution in [-0.4, -0.2) is 37.2 Å². The Balaban J connectivity index is 4.13. The van der Waals surface area contributed by atoms with Crippen LogP contribution in [0.15, 0.2) is 146 Å². The number of rotatable bonds is 59. The Morgan fingerprint density at radius 1 is 0.259 bits per heavy atom. The molecule has 0 aromatic carbocycles. The van der Waals surface area contributed by atoms with Crippen LogP contribution in [0.4, 0.5) is 0 Å². The van der Waals surface area contributed by atoms with Crippen LogP contribution in [0, 0.1) is 0 Å². The van der Waals surface area contributed by atoms with E-state index >= 15 is 0 Å². The summed E-state index contributed by atoms with van der Waals surface area (Å²) in [6.45, 7) is 6.37. The molecule has 0 fully saturated rings. The molecule has 6 nitrogen and oxygen atoms in total. The molecule has 0 rings (SSSR count). The fraction of sp³-hybridized carbons (Fsp3) is 0.640. The van der Waals surface area contributed by atoms with E-state index < -0.39 is 6.10 Å². The van der Waals surface area contributed by atoms with E-state index in [1.165, 1.54) is 103 Å². The zero-order valence-corrected chi connectivity index (χ0v) is 52.5. The van der Waals surface area contributed by atoms with Gasteiger partial charge in [-0.3, -0.25) is 14.4 Å². The van der Waals surface area contributed by atoms with Crippen LogP contribution in [0.3, 0.4) is 0 Å². The van der Waals surface area contributed by atoms with Gasteiger partial charge in [0.25, 0.3) is 0 Å². The van der Waals surface area contributed by atoms with Gasteiger partial charge in [0, 0.05) is 19.3 Å². The summed E-state index contributed by atoms with van der Waals surface area (Å²) in [5.74, 6) is -0.902. The molecular formula is C75H122O6. The molecule has 1 atom stereocenters. The van der Waals surface area contributed by atoms with Crippen molar-refractivity contribution in [3.05, 3.63) is 146 Å². The lowest BCUT2D eigenvalue weighted by molar-refractivity contribution is -0.167. The first kappa shape index (κ1) is 76.3. The smallest absolute Gasteiger partial charge is 0.306 e. The molecule has 0 aliphatic carbocycles. The van der Waals surface area contributed by atoms with Gasteiger partial charge in [0.2, 0.25) is 0 Å². The Kier molecular flexibility index (Phi) is 63.9. The first-order valence-corrected chi connectivity index (χ1v) is 33.3. The van der Waals surface area contributed by atoms with Crippen LogP contribution in [0.5, 0.6) is 0 Å². The quantitative estimate of drug-likeness (QED) is 0.0261. The van der Waals surface area contributed by atoms with E-state index in [1.807, 2.05) is 0 Å². The van der Waals surface area contributed by atoms with E-state index in [-0.39, 0.29) is 31.1 Å². The van der Waals surface area contributed by atoms with E-state index in [4.69, 9.17) is 14.2 Å². The van der Waals surface area contributed by atoms with Gasteiger partial charge in [-0.2, -0.15) is 0 Å². The number of allylic oxidation sites excluding steroid dienone is 24. The minimum absolute atomic E-state index is 0.0845. The zero-order chi connectivity index (χ0) is 58.5. The van der Waals surface area contributed by atoms with Crippen molar-refractivity contribution in [2.24, 2.45) is 0 Å². The molecule has 0 radical (unpaired) electrons. The molecule has 0 spiro atoms. The fourth-order valence-corrected chi connectivity index (χ4v) is 8.92. The van der Waals surface area contributed by atoms with Gasteiger partial charge in [0.05, 0.1) is 0 Å². The molecule has 0 N–H and O–H groups in total. The number of hydrogen-bond donors (Lipinski definition) is 0. The van der Waals surface area contributed by atoms with Crippen LogP contribution in [0.2, 0.25) is 0 Å². The summed E-state index contributed by atoms with van der Waals surface area (Å²) >= 11 is 0. The molecule has 0 bridgehead atoms. The molecule has 0 aromatic heterocycles. The van der Waals surface area contributed by atoms with E-state index in [2.05, 4.69) is 167 Å². The van der Waals surface area contributed by atoms with Crippen molar-refractivity contribution < 1.29 is 28.6 Å². The van der Waals surface area contributed by atoms with Crippen LogP contribution in [-0.2, 0) is 28.6 Å². The molecule has 0 aliphatic rings. The Bertz CT molecular complexity index is 1760. The third kappa shape index (κ3) is 66.0. The lowest BCUT2D eigenvalue weighted by Crippen LogP contribution is -2.30. The number of carbonyl (C=O) groups excluding carboxylic acids is 3. The normalized spacial score (nSPS) is 13.1. The van der Waals surface area contributed by atoms with Gasteiger partial charge in [-0.05, 0) is 122 Å². The van der Waals surface area contributed by atoms with Gasteiger partial charge in [-0.1, -0.05) is 295 Å². The van der Waals surface area contributed by atoms with Gasteiger partial charge in [0.15, 0.2) is 6.10 Å². The highest BCUT2D eigenvalue weighted by atomic mass is 16.6. The second-order valence-electron chi connectivity index (χ2n) is 21.6. The van der Waals surface area contributed by atoms with Crippen molar-refractivity contribution in [1.82, 2.24) is 0 Å². The monoisotopic (exact) mass is 1120 g/mol. The molecule has 0 aliphatic heterocycles. The predicted molar refractivity (Wildman–Crippen MR) is 352 cm³/mol. The Labute approximate surface area is 499 Å². The van der Waals surface area contributed by atoms with Crippen LogP contribution >= 0.6 is 0 Å². The maximum atomic E-state index is 12.9. The summed E-state index contributed by atoms with van der Waals surface area (Å²) in [7, 11) is 0. The zero-order valence-electron chi connectivity index (χ0n) is 52.5. The Morgan fingerprint density at radius 2 is 0.481 bits per heavy atom. The summed E-state index contributed by atoms with van der Waals surface area (Å²) in [4.78, 5) is 38.1. The molecule has 458 valence electrons. The molecule has 6 heteroatoms. The van der Waals surface area contributed by atoms with E-state index in [0.717, 1.165) is 148 Å². The molecule has 81 heavy (non-hydrogen) atoms. The van der Waals surface area contributed by atoms with E-state index in [9.17, 15) is 14.4 Å². The third-order valence-electron chi connectivity index (χ3n) is 13.8. The van der Waals surface area contributed by atoms with Crippen molar-refractivity contribution in [3.8, 4) is 0 Å². The average molecular weight is 1120 g/mol. The highest BCUT2D eigenvalue weighted by molar-refractivity contribution is 5.71. The number of unbranched alkanes of at least 4 members (excludes halogenated alkanes) is 24. The van der Waals surface area contributed by atoms with Crippen molar-refractivity contribution in [2.75, 3.05) is 13.2 Å². The largest absolute Gasteiger partial charge is 0.462 e. The number of hydrogen-bond acceptors (Lipinski definition) is 6. The maximum Gasteiger partial charge on any atom is 0.306 e. The Hall–Kier alpha value is -4.71. The van der Waals surface area contributed by atoms with E-state index in [0.29, 0.717) is 19.3 Å². The summed E-state index contributed by atoms with van der Waals surface area (Å²) in [5, 5.41) is 0. The van der Waals surface area contributed by atoms with Gasteiger partial charge >= 0.3 is 17.9 Å². The lowest BCUT2D eigenvalue weighted by atomic mass is 10.1. The lowest BCUT2D eigenvalue weighted by Gasteiger charge is -2.18. The van der Waals surface area contributed by atoms with Gasteiger partial charge in [-0.25, -0.2) is 0 Å². The summed E-state index contributed by atoms with van der Waals surface area (Å²) < 4.78 is 16.8. The highest BCUT2D eigenvalue weighted by Gasteiger charge is 2.19. The van der Waals surface area contributed by atoms with Crippen LogP contribution in [0.25, 0.3) is 0 Å². The molecule has 0 saturated carbocycles. The van der Waals surface area contributed by atoms with Gasteiger partial charge in [-0.15, -0.1) is 0 Å². The van der Waals surface area contributed by atoms with E-state index in [1.54, 1.807) is 0 Å². The predicted octanol–water partition coefficient (Wildman–Crippen LogP) is 23.1. The van der Waals surface area contributed by atoms with Crippen LogP contribution < -0.4 is 0 Å². The average Bonchev–Trinajstić information content (AvgIpc) is 3.47.